The minimum Gasteiger partial charge on any atom is -0.389 e. The van der Waals surface area contributed by atoms with Gasteiger partial charge in [-0.3, -0.25) is 0 Å². The Kier molecular flexibility index (Phi) is 3.98. The van der Waals surface area contributed by atoms with E-state index in [1.807, 2.05) is 0 Å². The van der Waals surface area contributed by atoms with Gasteiger partial charge in [0.2, 0.25) is 10.0 Å². The summed E-state index contributed by atoms with van der Waals surface area (Å²) >= 11 is 4.89. The monoisotopic (exact) mass is 308 g/mol. The smallest absolute Gasteiger partial charge is 0.238 e. The van der Waals surface area contributed by atoms with E-state index >= 15 is 0 Å². The van der Waals surface area contributed by atoms with Gasteiger partial charge in [-0.2, -0.15) is 0 Å². The Labute approximate surface area is 121 Å². The molecule has 0 saturated heterocycles. The first-order valence-corrected chi connectivity index (χ1v) is 7.47. The molecule has 0 unspecified atom stereocenters. The highest BCUT2D eigenvalue weighted by molar-refractivity contribution is 7.89. The van der Waals surface area contributed by atoms with Gasteiger partial charge in [-0.25, -0.2) is 18.5 Å². The number of benzene rings is 1. The van der Waals surface area contributed by atoms with Crippen LogP contribution >= 0.6 is 12.2 Å². The fraction of sp³-hybridized carbons (Fsp3) is 0. The van der Waals surface area contributed by atoms with E-state index in [1.54, 1.807) is 30.5 Å². The summed E-state index contributed by atoms with van der Waals surface area (Å²) in [5.41, 5.74) is 6.90. The molecule has 0 radical (unpaired) electrons. The van der Waals surface area contributed by atoms with Crippen LogP contribution in [-0.2, 0) is 10.0 Å². The Hall–Kier alpha value is -2.03. The van der Waals surface area contributed by atoms with Gasteiger partial charge in [0.1, 0.15) is 10.8 Å². The normalized spacial score (nSPS) is 11.1. The number of primary sulfonamides is 1. The Morgan fingerprint density at radius 3 is 2.40 bits per heavy atom. The van der Waals surface area contributed by atoms with E-state index < -0.39 is 10.0 Å². The molecule has 0 saturated carbocycles. The number of aromatic nitrogens is 1. The highest BCUT2D eigenvalue weighted by Gasteiger charge is 2.07. The van der Waals surface area contributed by atoms with Crippen LogP contribution in [-0.4, -0.2) is 18.4 Å². The number of hydrogen-bond donors (Lipinski definition) is 3. The van der Waals surface area contributed by atoms with E-state index in [1.165, 1.54) is 12.1 Å². The maximum Gasteiger partial charge on any atom is 0.238 e. The van der Waals surface area contributed by atoms with Gasteiger partial charge in [-0.05, 0) is 36.4 Å². The van der Waals surface area contributed by atoms with Crippen molar-refractivity contribution in [3.63, 3.8) is 0 Å². The van der Waals surface area contributed by atoms with E-state index in [0.717, 1.165) is 0 Å². The largest absolute Gasteiger partial charge is 0.389 e. The molecule has 0 aliphatic carbocycles. The van der Waals surface area contributed by atoms with Gasteiger partial charge in [0.25, 0.3) is 0 Å². The Morgan fingerprint density at radius 1 is 1.20 bits per heavy atom. The fourth-order valence-corrected chi connectivity index (χ4v) is 2.17. The lowest BCUT2D eigenvalue weighted by Gasteiger charge is -2.07. The molecule has 6 nitrogen and oxygen atoms in total. The van der Waals surface area contributed by atoms with Crippen molar-refractivity contribution in [1.29, 1.82) is 0 Å². The predicted octanol–water partition coefficient (Wildman–Crippen LogP) is 1.11. The predicted molar refractivity (Wildman–Crippen MR) is 81.2 cm³/mol. The van der Waals surface area contributed by atoms with Crippen molar-refractivity contribution in [3.05, 3.63) is 48.2 Å². The third-order valence-corrected chi connectivity index (χ3v) is 3.66. The van der Waals surface area contributed by atoms with Crippen molar-refractivity contribution in [3.8, 4) is 0 Å². The number of rotatable bonds is 4. The molecule has 2 rings (SSSR count). The van der Waals surface area contributed by atoms with Crippen LogP contribution in [0.25, 0.3) is 0 Å². The molecule has 0 spiro atoms. The zero-order chi connectivity index (χ0) is 14.8. The second kappa shape index (κ2) is 5.53. The third-order valence-electron chi connectivity index (χ3n) is 2.50. The number of nitrogens with one attached hydrogen (secondary N) is 1. The molecule has 0 atom stereocenters. The first kappa shape index (κ1) is 14.4. The van der Waals surface area contributed by atoms with Gasteiger partial charge >= 0.3 is 0 Å². The highest BCUT2D eigenvalue weighted by Crippen LogP contribution is 2.17. The number of thiocarbonyl (C=S) groups is 1. The zero-order valence-corrected chi connectivity index (χ0v) is 11.9. The Morgan fingerprint density at radius 2 is 1.85 bits per heavy atom. The van der Waals surface area contributed by atoms with Crippen LogP contribution in [0.2, 0.25) is 0 Å². The molecule has 8 heteroatoms. The van der Waals surface area contributed by atoms with Gasteiger partial charge in [0.05, 0.1) is 4.90 Å². The number of hydrogen-bond acceptors (Lipinski definition) is 5. The van der Waals surface area contributed by atoms with Crippen LogP contribution in [0.1, 0.15) is 5.56 Å². The molecule has 0 amide bonds. The minimum atomic E-state index is -3.69. The zero-order valence-electron chi connectivity index (χ0n) is 10.3. The van der Waals surface area contributed by atoms with Crippen LogP contribution in [0.5, 0.6) is 0 Å². The molecule has 0 fully saturated rings. The van der Waals surface area contributed by atoms with Gasteiger partial charge in [0, 0.05) is 17.4 Å². The second-order valence-corrected chi connectivity index (χ2v) is 5.99. The van der Waals surface area contributed by atoms with Crippen LogP contribution in [0.3, 0.4) is 0 Å². The highest BCUT2D eigenvalue weighted by atomic mass is 32.2. The van der Waals surface area contributed by atoms with E-state index in [4.69, 9.17) is 23.1 Å². The molecule has 5 N–H and O–H groups in total. The van der Waals surface area contributed by atoms with Crippen molar-refractivity contribution < 1.29 is 8.42 Å². The molecule has 0 aliphatic heterocycles. The summed E-state index contributed by atoms with van der Waals surface area (Å²) in [6.45, 7) is 0. The summed E-state index contributed by atoms with van der Waals surface area (Å²) in [5.74, 6) is 0.554. The van der Waals surface area contributed by atoms with Gasteiger partial charge in [-0.1, -0.05) is 12.2 Å². The number of sulfonamides is 1. The maximum atomic E-state index is 11.1. The molecule has 2 aromatic rings. The van der Waals surface area contributed by atoms with E-state index in [-0.39, 0.29) is 9.88 Å². The lowest BCUT2D eigenvalue weighted by molar-refractivity contribution is 0.598. The molecule has 20 heavy (non-hydrogen) atoms. The van der Waals surface area contributed by atoms with Crippen LogP contribution in [0, 0.1) is 0 Å². The summed E-state index contributed by atoms with van der Waals surface area (Å²) in [7, 11) is -3.69. The Balaban J connectivity index is 2.22. The second-order valence-electron chi connectivity index (χ2n) is 3.99. The average Bonchev–Trinajstić information content (AvgIpc) is 2.38. The molecule has 104 valence electrons. The third kappa shape index (κ3) is 3.50. The van der Waals surface area contributed by atoms with Crippen LogP contribution in [0.15, 0.2) is 47.5 Å². The molecular formula is C12H12N4O2S2. The van der Waals surface area contributed by atoms with E-state index in [2.05, 4.69) is 10.3 Å². The topological polar surface area (TPSA) is 111 Å². The molecule has 1 aromatic heterocycles. The molecule has 0 bridgehead atoms. The number of pyridine rings is 1. The van der Waals surface area contributed by atoms with E-state index in [9.17, 15) is 8.42 Å². The van der Waals surface area contributed by atoms with E-state index in [0.29, 0.717) is 17.1 Å². The quantitative estimate of drug-likeness (QED) is 0.730. The van der Waals surface area contributed by atoms with Crippen molar-refractivity contribution in [2.45, 2.75) is 4.90 Å². The number of nitrogens with two attached hydrogens (primary N) is 2. The van der Waals surface area contributed by atoms with Crippen LogP contribution < -0.4 is 16.2 Å². The summed E-state index contributed by atoms with van der Waals surface area (Å²) in [5, 5.41) is 8.04. The Bertz CT molecular complexity index is 742. The SMILES string of the molecule is NC(=S)c1ccnc(Nc2ccc(S(N)(=O)=O)cc2)c1. The number of nitrogens with zero attached hydrogens (tertiary/aromatic N) is 1. The fourth-order valence-electron chi connectivity index (χ4n) is 1.53. The van der Waals surface area contributed by atoms with Gasteiger partial charge in [0.15, 0.2) is 0 Å². The molecular weight excluding hydrogens is 296 g/mol. The molecule has 0 aliphatic rings. The molecule has 1 aromatic carbocycles. The summed E-state index contributed by atoms with van der Waals surface area (Å²) in [6, 6.07) is 9.42. The van der Waals surface area contributed by atoms with Crippen molar-refractivity contribution in [1.82, 2.24) is 4.98 Å². The van der Waals surface area contributed by atoms with Crippen LogP contribution in [0.4, 0.5) is 11.5 Å². The standard InChI is InChI=1S/C12H12N4O2S2/c13-12(19)8-5-6-15-11(7-8)16-9-1-3-10(4-2-9)20(14,17)18/h1-7H,(H2,13,19)(H,15,16)(H2,14,17,18). The number of anilines is 2. The average molecular weight is 308 g/mol. The first-order chi connectivity index (χ1) is 9.36. The maximum absolute atomic E-state index is 11.1. The van der Waals surface area contributed by atoms with Crippen molar-refractivity contribution >= 4 is 38.7 Å². The first-order valence-electron chi connectivity index (χ1n) is 5.52. The van der Waals surface area contributed by atoms with Gasteiger partial charge in [-0.15, -0.1) is 0 Å². The van der Waals surface area contributed by atoms with Crippen molar-refractivity contribution in [2.75, 3.05) is 5.32 Å². The minimum absolute atomic E-state index is 0.0490. The lowest BCUT2D eigenvalue weighted by atomic mass is 10.2. The van der Waals surface area contributed by atoms with Crippen molar-refractivity contribution in [2.24, 2.45) is 10.9 Å². The van der Waals surface area contributed by atoms with Gasteiger partial charge < -0.3 is 11.1 Å². The molecule has 1 heterocycles. The summed E-state index contributed by atoms with van der Waals surface area (Å²) in [6.07, 6.45) is 1.58. The summed E-state index contributed by atoms with van der Waals surface area (Å²) in [4.78, 5) is 4.45. The lowest BCUT2D eigenvalue weighted by Crippen LogP contribution is -2.12. The summed E-state index contributed by atoms with van der Waals surface area (Å²) < 4.78 is 22.3.